The lowest BCUT2D eigenvalue weighted by Gasteiger charge is -2.17. The molecule has 30 heavy (non-hydrogen) atoms. The fourth-order valence-corrected chi connectivity index (χ4v) is 3.09. The summed E-state index contributed by atoms with van der Waals surface area (Å²) in [5.41, 5.74) is 0.462. The second-order valence-corrected chi connectivity index (χ2v) is 6.55. The van der Waals surface area contributed by atoms with Gasteiger partial charge < -0.3 is 19.7 Å². The molecular formula is C21H19FN2O6. The van der Waals surface area contributed by atoms with Crippen molar-refractivity contribution >= 4 is 35.1 Å². The van der Waals surface area contributed by atoms with Gasteiger partial charge in [-0.3, -0.25) is 14.4 Å². The summed E-state index contributed by atoms with van der Waals surface area (Å²) in [6.45, 7) is -0.635. The molecule has 1 aliphatic heterocycles. The third-order valence-electron chi connectivity index (χ3n) is 4.55. The maximum atomic E-state index is 13.9. The monoisotopic (exact) mass is 414 g/mol. The molecule has 1 atom stereocenters. The first-order valence-electron chi connectivity index (χ1n) is 9.09. The largest absolute Gasteiger partial charge is 0.465 e. The number of benzene rings is 2. The van der Waals surface area contributed by atoms with E-state index < -0.39 is 42.1 Å². The molecule has 1 N–H and O–H groups in total. The lowest BCUT2D eigenvalue weighted by atomic mass is 10.1. The fraction of sp³-hybridized carbons (Fsp3) is 0.238. The van der Waals surface area contributed by atoms with Crippen molar-refractivity contribution in [2.75, 3.05) is 30.5 Å². The minimum absolute atomic E-state index is 0.0363. The third-order valence-corrected chi connectivity index (χ3v) is 4.55. The molecule has 2 aromatic rings. The Morgan fingerprint density at radius 3 is 2.57 bits per heavy atom. The highest BCUT2D eigenvalue weighted by Gasteiger charge is 2.37. The lowest BCUT2D eigenvalue weighted by molar-refractivity contribution is -0.151. The predicted molar refractivity (Wildman–Crippen MR) is 104 cm³/mol. The number of methoxy groups -OCH3 is 1. The van der Waals surface area contributed by atoms with Crippen LogP contribution in [0.1, 0.15) is 16.8 Å². The maximum Gasteiger partial charge on any atom is 0.339 e. The van der Waals surface area contributed by atoms with Crippen molar-refractivity contribution < 1.29 is 33.0 Å². The molecule has 0 unspecified atom stereocenters. The number of ether oxygens (including phenoxy) is 2. The van der Waals surface area contributed by atoms with Crippen molar-refractivity contribution in [3.8, 4) is 0 Å². The fourth-order valence-electron chi connectivity index (χ4n) is 3.09. The van der Waals surface area contributed by atoms with Gasteiger partial charge >= 0.3 is 11.9 Å². The number of hydrogen-bond acceptors (Lipinski definition) is 6. The summed E-state index contributed by atoms with van der Waals surface area (Å²) in [5.74, 6) is -3.80. The zero-order valence-corrected chi connectivity index (χ0v) is 16.1. The van der Waals surface area contributed by atoms with Crippen LogP contribution in [0.2, 0.25) is 0 Å². The Labute approximate surface area is 171 Å². The van der Waals surface area contributed by atoms with Crippen LogP contribution in [0, 0.1) is 11.7 Å². The number of esters is 2. The highest BCUT2D eigenvalue weighted by molar-refractivity contribution is 6.02. The molecule has 0 spiro atoms. The maximum absolute atomic E-state index is 13.9. The van der Waals surface area contributed by atoms with Gasteiger partial charge in [-0.05, 0) is 24.3 Å². The van der Waals surface area contributed by atoms with Gasteiger partial charge in [-0.15, -0.1) is 0 Å². The summed E-state index contributed by atoms with van der Waals surface area (Å²) in [6.07, 6.45) is -0.139. The molecule has 2 aromatic carbocycles. The Morgan fingerprint density at radius 1 is 1.13 bits per heavy atom. The number of amides is 2. The second-order valence-electron chi connectivity index (χ2n) is 6.55. The van der Waals surface area contributed by atoms with Crippen molar-refractivity contribution in [3.05, 3.63) is 59.9 Å². The Hall–Kier alpha value is -3.75. The van der Waals surface area contributed by atoms with E-state index in [1.807, 2.05) is 0 Å². The molecule has 0 aromatic heterocycles. The van der Waals surface area contributed by atoms with Crippen molar-refractivity contribution in [3.63, 3.8) is 0 Å². The standard InChI is InChI=1S/C21H19FN2O6/c1-29-21(28)14-6-2-4-8-16(14)23-18(25)12-30-20(27)13-10-19(26)24(11-13)17-9-5-3-7-15(17)22/h2-9,13H,10-12H2,1H3,(H,23,25)/t13-/m0/s1. The van der Waals surface area contributed by atoms with Gasteiger partial charge in [0.15, 0.2) is 6.61 Å². The van der Waals surface area contributed by atoms with Gasteiger partial charge in [-0.25, -0.2) is 9.18 Å². The molecule has 1 saturated heterocycles. The van der Waals surface area contributed by atoms with Crippen LogP contribution in [0.3, 0.4) is 0 Å². The van der Waals surface area contributed by atoms with Crippen LogP contribution in [0.4, 0.5) is 15.8 Å². The first-order chi connectivity index (χ1) is 14.4. The topological polar surface area (TPSA) is 102 Å². The number of anilines is 2. The molecule has 3 rings (SSSR count). The summed E-state index contributed by atoms with van der Waals surface area (Å²) in [7, 11) is 1.22. The smallest absolute Gasteiger partial charge is 0.339 e. The third kappa shape index (κ3) is 4.62. The van der Waals surface area contributed by atoms with E-state index in [0.29, 0.717) is 0 Å². The molecule has 1 heterocycles. The molecule has 156 valence electrons. The summed E-state index contributed by atoms with van der Waals surface area (Å²) >= 11 is 0. The van der Waals surface area contributed by atoms with Gasteiger partial charge in [0.2, 0.25) is 5.91 Å². The zero-order chi connectivity index (χ0) is 21.7. The molecule has 1 aliphatic rings. The molecule has 0 bridgehead atoms. The van der Waals surface area contributed by atoms with Crippen LogP contribution < -0.4 is 10.2 Å². The average molecular weight is 414 g/mol. The highest BCUT2D eigenvalue weighted by atomic mass is 19.1. The van der Waals surface area contributed by atoms with E-state index in [2.05, 4.69) is 10.1 Å². The van der Waals surface area contributed by atoms with E-state index in [-0.39, 0.29) is 29.9 Å². The number of hydrogen-bond donors (Lipinski definition) is 1. The van der Waals surface area contributed by atoms with Gasteiger partial charge in [0.1, 0.15) is 5.82 Å². The summed E-state index contributed by atoms with van der Waals surface area (Å²) in [6, 6.07) is 12.0. The van der Waals surface area contributed by atoms with E-state index in [4.69, 9.17) is 4.74 Å². The van der Waals surface area contributed by atoms with E-state index >= 15 is 0 Å². The minimum atomic E-state index is -0.813. The van der Waals surface area contributed by atoms with Crippen LogP contribution in [0.15, 0.2) is 48.5 Å². The van der Waals surface area contributed by atoms with Crippen molar-refractivity contribution in [2.45, 2.75) is 6.42 Å². The number of nitrogens with one attached hydrogen (secondary N) is 1. The number of halogens is 1. The van der Waals surface area contributed by atoms with Gasteiger partial charge in [0.25, 0.3) is 5.91 Å². The highest BCUT2D eigenvalue weighted by Crippen LogP contribution is 2.27. The number of carbonyl (C=O) groups is 4. The Balaban J connectivity index is 1.56. The van der Waals surface area contributed by atoms with Crippen molar-refractivity contribution in [1.29, 1.82) is 0 Å². The van der Waals surface area contributed by atoms with E-state index in [1.54, 1.807) is 18.2 Å². The lowest BCUT2D eigenvalue weighted by Crippen LogP contribution is -2.28. The first-order valence-corrected chi connectivity index (χ1v) is 9.09. The Morgan fingerprint density at radius 2 is 1.83 bits per heavy atom. The van der Waals surface area contributed by atoms with Crippen LogP contribution in [-0.4, -0.2) is 44.0 Å². The Kier molecular flexibility index (Phi) is 6.41. The average Bonchev–Trinajstić information content (AvgIpc) is 3.13. The zero-order valence-electron chi connectivity index (χ0n) is 16.1. The van der Waals surface area contributed by atoms with Crippen LogP contribution >= 0.6 is 0 Å². The number of nitrogens with zero attached hydrogens (tertiary/aromatic N) is 1. The minimum Gasteiger partial charge on any atom is -0.465 e. The predicted octanol–water partition coefficient (Wildman–Crippen LogP) is 2.15. The Bertz CT molecular complexity index is 993. The van der Waals surface area contributed by atoms with Gasteiger partial charge in [-0.2, -0.15) is 0 Å². The van der Waals surface area contributed by atoms with Gasteiger partial charge in [0.05, 0.1) is 30.0 Å². The molecule has 0 radical (unpaired) electrons. The van der Waals surface area contributed by atoms with Crippen LogP contribution in [-0.2, 0) is 23.9 Å². The van der Waals surface area contributed by atoms with Crippen molar-refractivity contribution in [2.24, 2.45) is 5.92 Å². The summed E-state index contributed by atoms with van der Waals surface area (Å²) in [5, 5.41) is 2.48. The molecule has 2 amide bonds. The SMILES string of the molecule is COC(=O)c1ccccc1NC(=O)COC(=O)[C@H]1CC(=O)N(c2ccccc2F)C1. The normalized spacial score (nSPS) is 15.6. The van der Waals surface area contributed by atoms with E-state index in [0.717, 1.165) is 0 Å². The van der Waals surface area contributed by atoms with Gasteiger partial charge in [-0.1, -0.05) is 24.3 Å². The van der Waals surface area contributed by atoms with Crippen LogP contribution in [0.25, 0.3) is 0 Å². The summed E-state index contributed by atoms with van der Waals surface area (Å²) < 4.78 is 23.6. The number of rotatable bonds is 6. The van der Waals surface area contributed by atoms with E-state index in [1.165, 1.54) is 42.3 Å². The van der Waals surface area contributed by atoms with Crippen LogP contribution in [0.5, 0.6) is 0 Å². The quantitative estimate of drug-likeness (QED) is 0.727. The number of carbonyl (C=O) groups excluding carboxylic acids is 4. The number of para-hydroxylation sites is 2. The molecular weight excluding hydrogens is 395 g/mol. The molecule has 8 nitrogen and oxygen atoms in total. The molecule has 9 heteroatoms. The van der Waals surface area contributed by atoms with Gasteiger partial charge in [0, 0.05) is 13.0 Å². The van der Waals surface area contributed by atoms with E-state index in [9.17, 15) is 23.6 Å². The summed E-state index contributed by atoms with van der Waals surface area (Å²) in [4.78, 5) is 49.5. The molecule has 0 saturated carbocycles. The van der Waals surface area contributed by atoms with Crippen molar-refractivity contribution in [1.82, 2.24) is 0 Å². The molecule has 1 fully saturated rings. The second kappa shape index (κ2) is 9.17. The first kappa shape index (κ1) is 21.0. The molecule has 0 aliphatic carbocycles.